The first-order valence-corrected chi connectivity index (χ1v) is 17.1. The zero-order chi connectivity index (χ0) is 33.2. The van der Waals surface area contributed by atoms with Gasteiger partial charge >= 0.3 is 0 Å². The van der Waals surface area contributed by atoms with Gasteiger partial charge in [0.15, 0.2) is 0 Å². The van der Waals surface area contributed by atoms with E-state index in [1.807, 2.05) is 0 Å². The highest BCUT2D eigenvalue weighted by atomic mass is 15.1. The van der Waals surface area contributed by atoms with Gasteiger partial charge in [0.05, 0.1) is 11.0 Å². The lowest BCUT2D eigenvalue weighted by Crippen LogP contribution is -2.10. The quantitative estimate of drug-likeness (QED) is 0.182. The molecule has 10 rings (SSSR count). The molecule has 0 saturated carbocycles. The largest absolute Gasteiger partial charge is 0.310 e. The topological polar surface area (TPSA) is 8.17 Å². The maximum absolute atomic E-state index is 4.53. The third-order valence-corrected chi connectivity index (χ3v) is 10.3. The molecule has 1 aromatic heterocycles. The Hall–Kier alpha value is -6.64. The average Bonchev–Trinajstić information content (AvgIpc) is 3.66. The van der Waals surface area contributed by atoms with Crippen molar-refractivity contribution in [3.63, 3.8) is 0 Å². The molecule has 0 radical (unpaired) electrons. The third-order valence-electron chi connectivity index (χ3n) is 10.3. The van der Waals surface area contributed by atoms with Crippen LogP contribution >= 0.6 is 0 Å². The van der Waals surface area contributed by atoms with Gasteiger partial charge in [0.2, 0.25) is 0 Å². The highest BCUT2D eigenvalue weighted by Crippen LogP contribution is 2.47. The SMILES string of the molecule is C=C1c2ccccc2-c2ccc(N(c3ccc(-c4ccccc4)cc3)c3ccc4c(c3)c3ccccc3n4-c3ccc4ccccc4c3)cc21. The van der Waals surface area contributed by atoms with E-state index in [1.54, 1.807) is 0 Å². The van der Waals surface area contributed by atoms with E-state index in [0.717, 1.165) is 28.3 Å². The standard InChI is InChI=1S/C48H32N2/c1-32-41-15-7-8-16-42(41)43-27-25-39(30-45(32)43)49(37-22-19-35(20-23-37)33-11-3-2-4-12-33)40-26-28-48-46(31-40)44-17-9-10-18-47(44)50(48)38-24-21-34-13-5-6-14-36(34)29-38/h2-31H,1H2. The smallest absolute Gasteiger partial charge is 0.0542 e. The number of anilines is 3. The Morgan fingerprint density at radius 3 is 1.86 bits per heavy atom. The molecule has 9 aromatic rings. The van der Waals surface area contributed by atoms with E-state index >= 15 is 0 Å². The van der Waals surface area contributed by atoms with Crippen molar-refractivity contribution >= 4 is 55.2 Å². The monoisotopic (exact) mass is 636 g/mol. The van der Waals surface area contributed by atoms with E-state index < -0.39 is 0 Å². The van der Waals surface area contributed by atoms with Gasteiger partial charge in [-0.3, -0.25) is 0 Å². The number of benzene rings is 8. The number of para-hydroxylation sites is 1. The van der Waals surface area contributed by atoms with Crippen LogP contribution in [0.25, 0.3) is 66.1 Å². The minimum atomic E-state index is 1.07. The van der Waals surface area contributed by atoms with Crippen molar-refractivity contribution in [3.05, 3.63) is 200 Å². The third kappa shape index (κ3) is 4.43. The Kier molecular flexibility index (Phi) is 6.37. The summed E-state index contributed by atoms with van der Waals surface area (Å²) in [5.74, 6) is 0. The molecule has 2 heteroatoms. The molecule has 1 heterocycles. The summed E-state index contributed by atoms with van der Waals surface area (Å²) in [4.78, 5) is 2.38. The first kappa shape index (κ1) is 28.4. The van der Waals surface area contributed by atoms with E-state index in [2.05, 4.69) is 198 Å². The molecule has 0 unspecified atom stereocenters. The lowest BCUT2D eigenvalue weighted by molar-refractivity contribution is 1.18. The van der Waals surface area contributed by atoms with Crippen LogP contribution in [-0.2, 0) is 0 Å². The van der Waals surface area contributed by atoms with Crippen LogP contribution in [0.2, 0.25) is 0 Å². The number of nitrogens with zero attached hydrogens (tertiary/aromatic N) is 2. The van der Waals surface area contributed by atoms with Crippen LogP contribution in [0.4, 0.5) is 17.1 Å². The van der Waals surface area contributed by atoms with Crippen molar-refractivity contribution in [2.45, 2.75) is 0 Å². The lowest BCUT2D eigenvalue weighted by Gasteiger charge is -2.26. The van der Waals surface area contributed by atoms with Gasteiger partial charge in [-0.25, -0.2) is 0 Å². The molecule has 0 bridgehead atoms. The molecule has 0 fully saturated rings. The maximum atomic E-state index is 4.53. The number of hydrogen-bond donors (Lipinski definition) is 0. The summed E-state index contributed by atoms with van der Waals surface area (Å²) < 4.78 is 2.40. The summed E-state index contributed by atoms with van der Waals surface area (Å²) in [6.45, 7) is 4.53. The van der Waals surface area contributed by atoms with Crippen molar-refractivity contribution < 1.29 is 0 Å². The van der Waals surface area contributed by atoms with Crippen molar-refractivity contribution in [3.8, 4) is 27.9 Å². The maximum Gasteiger partial charge on any atom is 0.0542 e. The molecule has 1 aliphatic carbocycles. The van der Waals surface area contributed by atoms with Gasteiger partial charge in [0.25, 0.3) is 0 Å². The predicted octanol–water partition coefficient (Wildman–Crippen LogP) is 13.1. The Morgan fingerprint density at radius 2 is 1.00 bits per heavy atom. The first-order chi connectivity index (χ1) is 24.7. The Balaban J connectivity index is 1.16. The molecule has 0 aliphatic heterocycles. The van der Waals surface area contributed by atoms with Crippen molar-refractivity contribution in [1.82, 2.24) is 4.57 Å². The highest BCUT2D eigenvalue weighted by molar-refractivity contribution is 6.11. The van der Waals surface area contributed by atoms with Crippen LogP contribution < -0.4 is 4.90 Å². The number of aromatic nitrogens is 1. The Bertz CT molecular complexity index is 2770. The molecule has 1 aliphatic rings. The molecule has 0 spiro atoms. The number of hydrogen-bond acceptors (Lipinski definition) is 1. The van der Waals surface area contributed by atoms with E-state index in [0.29, 0.717) is 0 Å². The van der Waals surface area contributed by atoms with Crippen LogP contribution in [-0.4, -0.2) is 4.57 Å². The van der Waals surface area contributed by atoms with Gasteiger partial charge < -0.3 is 9.47 Å². The molecule has 2 nitrogen and oxygen atoms in total. The Labute approximate surface area is 291 Å². The highest BCUT2D eigenvalue weighted by Gasteiger charge is 2.24. The minimum Gasteiger partial charge on any atom is -0.310 e. The first-order valence-electron chi connectivity index (χ1n) is 17.1. The number of rotatable bonds is 5. The van der Waals surface area contributed by atoms with Crippen molar-refractivity contribution in [2.75, 3.05) is 4.90 Å². The lowest BCUT2D eigenvalue weighted by atomic mass is 10.0. The fourth-order valence-electron chi connectivity index (χ4n) is 7.86. The van der Waals surface area contributed by atoms with E-state index in [9.17, 15) is 0 Å². The second-order valence-electron chi connectivity index (χ2n) is 13.1. The summed E-state index contributed by atoms with van der Waals surface area (Å²) in [7, 11) is 0. The molecule has 0 atom stereocenters. The summed E-state index contributed by atoms with van der Waals surface area (Å²) in [6.07, 6.45) is 0. The molecular weight excluding hydrogens is 605 g/mol. The van der Waals surface area contributed by atoms with Gasteiger partial charge in [-0.05, 0) is 110 Å². The van der Waals surface area contributed by atoms with Gasteiger partial charge in [0, 0.05) is 33.5 Å². The molecule has 0 saturated heterocycles. The second-order valence-corrected chi connectivity index (χ2v) is 13.1. The molecule has 0 N–H and O–H groups in total. The van der Waals surface area contributed by atoms with E-state index in [-0.39, 0.29) is 0 Å². The summed E-state index contributed by atoms with van der Waals surface area (Å²) in [5.41, 5.74) is 15.2. The van der Waals surface area contributed by atoms with Crippen LogP contribution in [0.1, 0.15) is 11.1 Å². The van der Waals surface area contributed by atoms with Crippen molar-refractivity contribution in [1.29, 1.82) is 0 Å². The van der Waals surface area contributed by atoms with E-state index in [4.69, 9.17) is 0 Å². The molecule has 234 valence electrons. The molecule has 8 aromatic carbocycles. The van der Waals surface area contributed by atoms with Crippen molar-refractivity contribution in [2.24, 2.45) is 0 Å². The second kappa shape index (κ2) is 11.2. The predicted molar refractivity (Wildman–Crippen MR) is 212 cm³/mol. The van der Waals surface area contributed by atoms with Crippen LogP contribution in [0.3, 0.4) is 0 Å². The van der Waals surface area contributed by atoms with Gasteiger partial charge in [-0.1, -0.05) is 128 Å². The van der Waals surface area contributed by atoms with Gasteiger partial charge in [-0.15, -0.1) is 0 Å². The number of fused-ring (bicyclic) bond motifs is 7. The van der Waals surface area contributed by atoms with Crippen LogP contribution in [0, 0.1) is 0 Å². The van der Waals surface area contributed by atoms with Crippen LogP contribution in [0.15, 0.2) is 189 Å². The molecule has 0 amide bonds. The summed E-state index contributed by atoms with van der Waals surface area (Å²) in [6, 6.07) is 65.9. The zero-order valence-electron chi connectivity index (χ0n) is 27.4. The fourth-order valence-corrected chi connectivity index (χ4v) is 7.86. The summed E-state index contributed by atoms with van der Waals surface area (Å²) in [5, 5.41) is 4.93. The average molecular weight is 637 g/mol. The summed E-state index contributed by atoms with van der Waals surface area (Å²) >= 11 is 0. The van der Waals surface area contributed by atoms with Gasteiger partial charge in [0.1, 0.15) is 0 Å². The molecule has 50 heavy (non-hydrogen) atoms. The van der Waals surface area contributed by atoms with Crippen LogP contribution in [0.5, 0.6) is 0 Å². The minimum absolute atomic E-state index is 1.07. The normalized spacial score (nSPS) is 12.0. The zero-order valence-corrected chi connectivity index (χ0v) is 27.4. The molecular formula is C48H32N2. The fraction of sp³-hybridized carbons (Fsp3) is 0. The van der Waals surface area contributed by atoms with Gasteiger partial charge in [-0.2, -0.15) is 0 Å². The Morgan fingerprint density at radius 1 is 0.380 bits per heavy atom. The van der Waals surface area contributed by atoms with E-state index in [1.165, 1.54) is 66.0 Å².